The zero-order valence-electron chi connectivity index (χ0n) is 8.79. The smallest absolute Gasteiger partial charge is 0.179 e. The van der Waals surface area contributed by atoms with Crippen molar-refractivity contribution in [1.82, 2.24) is 0 Å². The molecule has 0 atom stereocenters. The lowest BCUT2D eigenvalue weighted by Gasteiger charge is -2.08. The Morgan fingerprint density at radius 2 is 1.82 bits per heavy atom. The number of ether oxygens (including phenoxy) is 1. The third kappa shape index (κ3) is 3.10. The summed E-state index contributed by atoms with van der Waals surface area (Å²) in [5.74, 6) is -0.184. The van der Waals surface area contributed by atoms with Crippen LogP contribution in [0, 0.1) is 9.39 Å². The van der Waals surface area contributed by atoms with Gasteiger partial charge in [-0.25, -0.2) is 4.39 Å². The van der Waals surface area contributed by atoms with Crippen LogP contribution in [0.25, 0.3) is 0 Å². The Labute approximate surface area is 118 Å². The van der Waals surface area contributed by atoms with Crippen molar-refractivity contribution in [3.8, 4) is 5.75 Å². The standard InChI is InChI=1S/C13H9ClFIO/c14-10-6-7-11(12(15)13(10)16)17-8-9-4-2-1-3-5-9/h1-7H,8H2. The average molecular weight is 363 g/mol. The van der Waals surface area contributed by atoms with Crippen molar-refractivity contribution in [2.75, 3.05) is 0 Å². The number of rotatable bonds is 3. The minimum absolute atomic E-state index is 0.225. The zero-order valence-corrected chi connectivity index (χ0v) is 11.7. The van der Waals surface area contributed by atoms with Gasteiger partial charge in [-0.2, -0.15) is 0 Å². The lowest BCUT2D eigenvalue weighted by atomic mass is 10.2. The first-order chi connectivity index (χ1) is 8.18. The predicted octanol–water partition coefficient (Wildman–Crippen LogP) is 4.66. The molecule has 0 aliphatic rings. The highest BCUT2D eigenvalue weighted by Crippen LogP contribution is 2.28. The first-order valence-electron chi connectivity index (χ1n) is 4.98. The second-order valence-electron chi connectivity index (χ2n) is 3.45. The molecule has 2 aromatic rings. The molecular weight excluding hydrogens is 353 g/mol. The quantitative estimate of drug-likeness (QED) is 0.570. The topological polar surface area (TPSA) is 9.23 Å². The predicted molar refractivity (Wildman–Crippen MR) is 74.9 cm³/mol. The fourth-order valence-corrected chi connectivity index (χ4v) is 1.95. The van der Waals surface area contributed by atoms with Gasteiger partial charge in [0.1, 0.15) is 6.61 Å². The van der Waals surface area contributed by atoms with Crippen molar-refractivity contribution in [1.29, 1.82) is 0 Å². The Hall–Kier alpha value is -0.810. The second kappa shape index (κ2) is 5.69. The SMILES string of the molecule is Fc1c(OCc2ccccc2)ccc(Cl)c1I. The van der Waals surface area contributed by atoms with Gasteiger partial charge < -0.3 is 4.74 Å². The van der Waals surface area contributed by atoms with Crippen molar-refractivity contribution in [2.24, 2.45) is 0 Å². The van der Waals surface area contributed by atoms with Crippen molar-refractivity contribution < 1.29 is 9.13 Å². The first-order valence-corrected chi connectivity index (χ1v) is 6.44. The molecular formula is C13H9ClFIO. The molecule has 1 nitrogen and oxygen atoms in total. The maximum Gasteiger partial charge on any atom is 0.179 e. The highest BCUT2D eigenvalue weighted by Gasteiger charge is 2.10. The van der Waals surface area contributed by atoms with E-state index in [9.17, 15) is 4.39 Å². The van der Waals surface area contributed by atoms with Gasteiger partial charge in [-0.15, -0.1) is 0 Å². The van der Waals surface area contributed by atoms with Crippen LogP contribution < -0.4 is 4.74 Å². The third-order valence-electron chi connectivity index (χ3n) is 2.24. The second-order valence-corrected chi connectivity index (χ2v) is 4.93. The largest absolute Gasteiger partial charge is 0.486 e. The lowest BCUT2D eigenvalue weighted by Crippen LogP contribution is -1.98. The summed E-state index contributed by atoms with van der Waals surface area (Å²) in [5, 5.41) is 0.398. The fourth-order valence-electron chi connectivity index (χ4n) is 1.35. The van der Waals surface area contributed by atoms with E-state index in [1.807, 2.05) is 52.9 Å². The molecule has 0 aliphatic heterocycles. The van der Waals surface area contributed by atoms with Crippen LogP contribution in [0.15, 0.2) is 42.5 Å². The van der Waals surface area contributed by atoms with Crippen LogP contribution in [0.2, 0.25) is 5.02 Å². The van der Waals surface area contributed by atoms with Gasteiger partial charge in [-0.05, 0) is 40.3 Å². The van der Waals surface area contributed by atoms with Gasteiger partial charge in [-0.1, -0.05) is 41.9 Å². The molecule has 0 aliphatic carbocycles. The van der Waals surface area contributed by atoms with Crippen LogP contribution in [-0.2, 0) is 6.61 Å². The number of hydrogen-bond donors (Lipinski definition) is 0. The maximum absolute atomic E-state index is 13.7. The average Bonchev–Trinajstić information content (AvgIpc) is 2.36. The highest BCUT2D eigenvalue weighted by molar-refractivity contribution is 14.1. The molecule has 0 saturated heterocycles. The van der Waals surface area contributed by atoms with Crippen LogP contribution >= 0.6 is 34.2 Å². The first kappa shape index (κ1) is 12.6. The molecule has 0 amide bonds. The van der Waals surface area contributed by atoms with Crippen LogP contribution in [0.3, 0.4) is 0 Å². The van der Waals surface area contributed by atoms with Crippen molar-refractivity contribution in [3.63, 3.8) is 0 Å². The molecule has 0 spiro atoms. The molecule has 0 fully saturated rings. The molecule has 0 heterocycles. The van der Waals surface area contributed by atoms with E-state index in [0.29, 0.717) is 15.2 Å². The van der Waals surface area contributed by atoms with E-state index in [2.05, 4.69) is 0 Å². The highest BCUT2D eigenvalue weighted by atomic mass is 127. The number of hydrogen-bond acceptors (Lipinski definition) is 1. The summed E-state index contributed by atoms with van der Waals surface area (Å²) in [7, 11) is 0. The van der Waals surface area contributed by atoms with Crippen LogP contribution in [-0.4, -0.2) is 0 Å². The van der Waals surface area contributed by atoms with E-state index in [0.717, 1.165) is 5.56 Å². The molecule has 2 aromatic carbocycles. The minimum Gasteiger partial charge on any atom is -0.486 e. The molecule has 0 aromatic heterocycles. The van der Waals surface area contributed by atoms with Gasteiger partial charge in [-0.3, -0.25) is 0 Å². The van der Waals surface area contributed by atoms with Gasteiger partial charge in [0.15, 0.2) is 11.6 Å². The normalized spacial score (nSPS) is 10.3. The van der Waals surface area contributed by atoms with Gasteiger partial charge in [0, 0.05) is 0 Å². The molecule has 2 rings (SSSR count). The van der Waals surface area contributed by atoms with Gasteiger partial charge in [0.05, 0.1) is 8.59 Å². The molecule has 88 valence electrons. The third-order valence-corrected chi connectivity index (χ3v) is 3.93. The van der Waals surface area contributed by atoms with Gasteiger partial charge in [0.2, 0.25) is 0 Å². The van der Waals surface area contributed by atoms with Gasteiger partial charge >= 0.3 is 0 Å². The van der Waals surface area contributed by atoms with E-state index in [1.54, 1.807) is 12.1 Å². The summed E-state index contributed by atoms with van der Waals surface area (Å²) in [5.41, 5.74) is 0.997. The Bertz CT molecular complexity index is 516. The molecule has 0 radical (unpaired) electrons. The zero-order chi connectivity index (χ0) is 12.3. The van der Waals surface area contributed by atoms with E-state index in [4.69, 9.17) is 16.3 Å². The maximum atomic E-state index is 13.7. The Kier molecular flexibility index (Phi) is 4.23. The van der Waals surface area contributed by atoms with E-state index >= 15 is 0 Å². The van der Waals surface area contributed by atoms with E-state index in [-0.39, 0.29) is 5.75 Å². The van der Waals surface area contributed by atoms with Crippen molar-refractivity contribution in [2.45, 2.75) is 6.61 Å². The minimum atomic E-state index is -0.408. The van der Waals surface area contributed by atoms with Crippen molar-refractivity contribution in [3.05, 3.63) is 62.4 Å². The molecule has 0 unspecified atom stereocenters. The number of halogens is 3. The van der Waals surface area contributed by atoms with Crippen LogP contribution in [0.5, 0.6) is 5.75 Å². The summed E-state index contributed by atoms with van der Waals surface area (Å²) >= 11 is 7.66. The Morgan fingerprint density at radius 1 is 1.12 bits per heavy atom. The monoisotopic (exact) mass is 362 g/mol. The molecule has 0 N–H and O–H groups in total. The summed E-state index contributed by atoms with van der Waals surface area (Å²) in [4.78, 5) is 0. The summed E-state index contributed by atoms with van der Waals surface area (Å²) in [6.45, 7) is 0.343. The van der Waals surface area contributed by atoms with Crippen molar-refractivity contribution >= 4 is 34.2 Å². The van der Waals surface area contributed by atoms with E-state index < -0.39 is 5.82 Å². The molecule has 0 saturated carbocycles. The molecule has 17 heavy (non-hydrogen) atoms. The Morgan fingerprint density at radius 3 is 2.53 bits per heavy atom. The molecule has 4 heteroatoms. The summed E-state index contributed by atoms with van der Waals surface area (Å²) in [6.07, 6.45) is 0. The molecule has 0 bridgehead atoms. The number of benzene rings is 2. The summed E-state index contributed by atoms with van der Waals surface area (Å²) < 4.78 is 19.6. The summed E-state index contributed by atoms with van der Waals surface area (Å²) in [6, 6.07) is 12.8. The van der Waals surface area contributed by atoms with Crippen LogP contribution in [0.1, 0.15) is 5.56 Å². The lowest BCUT2D eigenvalue weighted by molar-refractivity contribution is 0.289. The van der Waals surface area contributed by atoms with E-state index in [1.165, 1.54) is 0 Å². The van der Waals surface area contributed by atoms with Gasteiger partial charge in [0.25, 0.3) is 0 Å². The van der Waals surface area contributed by atoms with Crippen LogP contribution in [0.4, 0.5) is 4.39 Å². The Balaban J connectivity index is 2.13. The fraction of sp³-hybridized carbons (Fsp3) is 0.0769.